The van der Waals surface area contributed by atoms with Crippen molar-refractivity contribution >= 4 is 17.9 Å². The number of esters is 1. The SMILES string of the molecule is COC(=O)C(NCCN1C(=O)NC(C)(C)C1=O)C(C)C. The Balaban J connectivity index is 2.54. The molecule has 20 heavy (non-hydrogen) atoms. The third-order valence-electron chi connectivity index (χ3n) is 3.27. The molecule has 0 saturated carbocycles. The van der Waals surface area contributed by atoms with Crippen molar-refractivity contribution in [1.29, 1.82) is 0 Å². The van der Waals surface area contributed by atoms with E-state index < -0.39 is 17.6 Å². The summed E-state index contributed by atoms with van der Waals surface area (Å²) in [5.41, 5.74) is -0.864. The number of carbonyl (C=O) groups is 3. The van der Waals surface area contributed by atoms with Crippen LogP contribution in [0.1, 0.15) is 27.7 Å². The summed E-state index contributed by atoms with van der Waals surface area (Å²) in [7, 11) is 1.33. The standard InChI is InChI=1S/C13H23N3O4/c1-8(2)9(10(17)20-5)14-6-7-16-11(18)13(3,4)15-12(16)19/h8-9,14H,6-7H2,1-5H3,(H,15,19). The Kier molecular flexibility index (Phi) is 5.10. The molecule has 1 aliphatic rings. The van der Waals surface area contributed by atoms with Crippen LogP contribution >= 0.6 is 0 Å². The number of ether oxygens (including phenoxy) is 1. The highest BCUT2D eigenvalue weighted by Crippen LogP contribution is 2.15. The molecule has 1 rings (SSSR count). The fourth-order valence-corrected chi connectivity index (χ4v) is 2.07. The molecule has 3 amide bonds. The van der Waals surface area contributed by atoms with E-state index in [1.807, 2.05) is 13.8 Å². The van der Waals surface area contributed by atoms with Crippen molar-refractivity contribution in [3.63, 3.8) is 0 Å². The van der Waals surface area contributed by atoms with E-state index in [1.165, 1.54) is 7.11 Å². The zero-order valence-electron chi connectivity index (χ0n) is 12.6. The average Bonchev–Trinajstić information content (AvgIpc) is 2.54. The number of nitrogens with one attached hydrogen (secondary N) is 2. The first kappa shape index (κ1) is 16.4. The third kappa shape index (κ3) is 3.47. The second-order valence-electron chi connectivity index (χ2n) is 5.71. The van der Waals surface area contributed by atoms with Gasteiger partial charge in [-0.25, -0.2) is 4.79 Å². The number of urea groups is 1. The van der Waals surface area contributed by atoms with Crippen LogP contribution in [0.3, 0.4) is 0 Å². The van der Waals surface area contributed by atoms with Crippen LogP contribution in [0.5, 0.6) is 0 Å². The Labute approximate surface area is 119 Å². The van der Waals surface area contributed by atoms with Gasteiger partial charge in [-0.1, -0.05) is 13.8 Å². The van der Waals surface area contributed by atoms with Gasteiger partial charge in [-0.15, -0.1) is 0 Å². The summed E-state index contributed by atoms with van der Waals surface area (Å²) in [6, 6.07) is -0.852. The molecule has 1 heterocycles. The Morgan fingerprint density at radius 1 is 1.40 bits per heavy atom. The Bertz CT molecular complexity index is 406. The van der Waals surface area contributed by atoms with Crippen molar-refractivity contribution < 1.29 is 19.1 Å². The maximum atomic E-state index is 12.0. The zero-order chi connectivity index (χ0) is 15.5. The average molecular weight is 285 g/mol. The molecule has 1 atom stereocenters. The van der Waals surface area contributed by atoms with Gasteiger partial charge in [0.15, 0.2) is 0 Å². The van der Waals surface area contributed by atoms with Crippen LogP contribution < -0.4 is 10.6 Å². The first-order valence-corrected chi connectivity index (χ1v) is 6.66. The van der Waals surface area contributed by atoms with E-state index in [0.29, 0.717) is 6.54 Å². The summed E-state index contributed by atoms with van der Waals surface area (Å²) >= 11 is 0. The Hall–Kier alpha value is -1.63. The van der Waals surface area contributed by atoms with Crippen LogP contribution in [0.15, 0.2) is 0 Å². The topological polar surface area (TPSA) is 87.7 Å². The lowest BCUT2D eigenvalue weighted by atomic mass is 10.0. The molecular formula is C13H23N3O4. The number of rotatable bonds is 6. The smallest absolute Gasteiger partial charge is 0.325 e. The van der Waals surface area contributed by atoms with Gasteiger partial charge in [0.2, 0.25) is 0 Å². The van der Waals surface area contributed by atoms with Crippen LogP contribution in [-0.4, -0.2) is 54.6 Å². The number of imide groups is 1. The molecule has 7 heteroatoms. The monoisotopic (exact) mass is 285 g/mol. The molecule has 0 aromatic carbocycles. The second-order valence-corrected chi connectivity index (χ2v) is 5.71. The molecule has 1 fully saturated rings. The van der Waals surface area contributed by atoms with E-state index in [0.717, 1.165) is 4.90 Å². The van der Waals surface area contributed by atoms with Gasteiger partial charge in [0.1, 0.15) is 11.6 Å². The van der Waals surface area contributed by atoms with Crippen molar-refractivity contribution in [3.05, 3.63) is 0 Å². The summed E-state index contributed by atoms with van der Waals surface area (Å²) < 4.78 is 4.71. The van der Waals surface area contributed by atoms with Crippen molar-refractivity contribution in [3.8, 4) is 0 Å². The molecule has 0 radical (unpaired) electrons. The third-order valence-corrected chi connectivity index (χ3v) is 3.27. The number of methoxy groups -OCH3 is 1. The van der Waals surface area contributed by atoms with E-state index in [4.69, 9.17) is 4.74 Å². The second kappa shape index (κ2) is 6.21. The summed E-state index contributed by atoms with van der Waals surface area (Å²) in [5.74, 6) is -0.553. The van der Waals surface area contributed by atoms with Crippen molar-refractivity contribution in [2.75, 3.05) is 20.2 Å². The lowest BCUT2D eigenvalue weighted by Crippen LogP contribution is -2.46. The fraction of sp³-hybridized carbons (Fsp3) is 0.769. The van der Waals surface area contributed by atoms with Gasteiger partial charge < -0.3 is 15.4 Å². The van der Waals surface area contributed by atoms with Gasteiger partial charge in [0.05, 0.1) is 7.11 Å². The lowest BCUT2D eigenvalue weighted by Gasteiger charge is -2.21. The highest BCUT2D eigenvalue weighted by Gasteiger charge is 2.43. The number of carbonyl (C=O) groups excluding carboxylic acids is 3. The van der Waals surface area contributed by atoms with Crippen molar-refractivity contribution in [1.82, 2.24) is 15.5 Å². The van der Waals surface area contributed by atoms with Crippen LogP contribution in [0.4, 0.5) is 4.79 Å². The molecular weight excluding hydrogens is 262 g/mol. The molecule has 1 unspecified atom stereocenters. The van der Waals surface area contributed by atoms with Crippen LogP contribution in [0, 0.1) is 5.92 Å². The van der Waals surface area contributed by atoms with Crippen LogP contribution in [-0.2, 0) is 14.3 Å². The molecule has 0 aliphatic carbocycles. The summed E-state index contributed by atoms with van der Waals surface area (Å²) in [5, 5.41) is 5.62. The quantitative estimate of drug-likeness (QED) is 0.534. The predicted molar refractivity (Wildman–Crippen MR) is 73.0 cm³/mol. The zero-order valence-corrected chi connectivity index (χ0v) is 12.6. The lowest BCUT2D eigenvalue weighted by molar-refractivity contribution is -0.144. The Morgan fingerprint density at radius 3 is 2.40 bits per heavy atom. The minimum Gasteiger partial charge on any atom is -0.468 e. The van der Waals surface area contributed by atoms with E-state index in [9.17, 15) is 14.4 Å². The fourth-order valence-electron chi connectivity index (χ4n) is 2.07. The van der Waals surface area contributed by atoms with Gasteiger partial charge >= 0.3 is 12.0 Å². The number of hydrogen-bond acceptors (Lipinski definition) is 5. The highest BCUT2D eigenvalue weighted by molar-refractivity contribution is 6.06. The molecule has 0 bridgehead atoms. The van der Waals surface area contributed by atoms with E-state index in [-0.39, 0.29) is 24.3 Å². The van der Waals surface area contributed by atoms with Crippen molar-refractivity contribution in [2.45, 2.75) is 39.3 Å². The van der Waals surface area contributed by atoms with E-state index >= 15 is 0 Å². The minimum absolute atomic E-state index is 0.0574. The van der Waals surface area contributed by atoms with Gasteiger partial charge in [0.25, 0.3) is 5.91 Å². The van der Waals surface area contributed by atoms with E-state index in [2.05, 4.69) is 10.6 Å². The van der Waals surface area contributed by atoms with Gasteiger partial charge in [-0.05, 0) is 19.8 Å². The number of hydrogen-bond donors (Lipinski definition) is 2. The maximum absolute atomic E-state index is 12.0. The molecule has 2 N–H and O–H groups in total. The molecule has 1 saturated heterocycles. The normalized spacial score (nSPS) is 19.2. The molecule has 114 valence electrons. The maximum Gasteiger partial charge on any atom is 0.325 e. The minimum atomic E-state index is -0.864. The summed E-state index contributed by atoms with van der Waals surface area (Å²) in [6.07, 6.45) is 0. The molecule has 1 aliphatic heterocycles. The van der Waals surface area contributed by atoms with Gasteiger partial charge in [-0.2, -0.15) is 0 Å². The van der Waals surface area contributed by atoms with Crippen LogP contribution in [0.25, 0.3) is 0 Å². The first-order valence-electron chi connectivity index (χ1n) is 6.66. The molecule has 0 aromatic rings. The summed E-state index contributed by atoms with van der Waals surface area (Å²) in [6.45, 7) is 7.66. The first-order chi connectivity index (χ1) is 9.20. The molecule has 0 aromatic heterocycles. The molecule has 7 nitrogen and oxygen atoms in total. The van der Waals surface area contributed by atoms with E-state index in [1.54, 1.807) is 13.8 Å². The number of nitrogens with zero attached hydrogens (tertiary/aromatic N) is 1. The van der Waals surface area contributed by atoms with Crippen molar-refractivity contribution in [2.24, 2.45) is 5.92 Å². The predicted octanol–water partition coefficient (Wildman–Crippen LogP) is 0.104. The van der Waals surface area contributed by atoms with Gasteiger partial charge in [-0.3, -0.25) is 14.5 Å². The number of amides is 3. The van der Waals surface area contributed by atoms with Gasteiger partial charge in [0, 0.05) is 13.1 Å². The molecule has 0 spiro atoms. The van der Waals surface area contributed by atoms with Crippen LogP contribution in [0.2, 0.25) is 0 Å². The summed E-state index contributed by atoms with van der Waals surface area (Å²) in [4.78, 5) is 36.4. The highest BCUT2D eigenvalue weighted by atomic mass is 16.5. The largest absolute Gasteiger partial charge is 0.468 e. The Morgan fingerprint density at radius 2 is 2.00 bits per heavy atom.